The van der Waals surface area contributed by atoms with Gasteiger partial charge in [0, 0.05) is 37.6 Å². The van der Waals surface area contributed by atoms with Gasteiger partial charge in [-0.2, -0.15) is 0 Å². The maximum Gasteiger partial charge on any atom is 0.259 e. The van der Waals surface area contributed by atoms with Crippen LogP contribution in [0, 0.1) is 0 Å². The van der Waals surface area contributed by atoms with Gasteiger partial charge in [0.2, 0.25) is 0 Å². The predicted octanol–water partition coefficient (Wildman–Crippen LogP) is 1.08. The number of hydrogen-bond acceptors (Lipinski definition) is 3. The molecule has 5 heteroatoms. The van der Waals surface area contributed by atoms with Crippen LogP contribution in [0.4, 0.5) is 0 Å². The molecule has 20 heavy (non-hydrogen) atoms. The van der Waals surface area contributed by atoms with Crippen molar-refractivity contribution < 1.29 is 4.79 Å². The van der Waals surface area contributed by atoms with Crippen molar-refractivity contribution in [2.75, 3.05) is 26.2 Å². The fourth-order valence-electron chi connectivity index (χ4n) is 3.29. The summed E-state index contributed by atoms with van der Waals surface area (Å²) < 4.78 is 0. The van der Waals surface area contributed by atoms with Gasteiger partial charge in [-0.05, 0) is 38.8 Å². The van der Waals surface area contributed by atoms with Crippen LogP contribution in [0.2, 0.25) is 0 Å². The lowest BCUT2D eigenvalue weighted by Crippen LogP contribution is -2.46. The molecule has 0 unspecified atom stereocenters. The van der Waals surface area contributed by atoms with Crippen molar-refractivity contribution in [3.63, 3.8) is 0 Å². The van der Waals surface area contributed by atoms with Gasteiger partial charge in [-0.3, -0.25) is 9.59 Å². The van der Waals surface area contributed by atoms with E-state index in [1.807, 2.05) is 4.90 Å². The smallest absolute Gasteiger partial charge is 0.259 e. The van der Waals surface area contributed by atoms with E-state index in [-0.39, 0.29) is 16.9 Å². The lowest BCUT2D eigenvalue weighted by atomic mass is 10.0. The third kappa shape index (κ3) is 2.63. The molecule has 0 spiro atoms. The molecular weight excluding hydrogens is 254 g/mol. The largest absolute Gasteiger partial charge is 0.367 e. The second-order valence-electron chi connectivity index (χ2n) is 5.69. The highest BCUT2D eigenvalue weighted by molar-refractivity contribution is 5.93. The summed E-state index contributed by atoms with van der Waals surface area (Å²) in [4.78, 5) is 31.2. The number of carbonyl (C=O) groups is 1. The Kier molecular flexibility index (Phi) is 3.87. The number of rotatable bonds is 2. The number of nitrogens with one attached hydrogen (secondary N) is 1. The number of piperidine rings is 1. The molecule has 0 atom stereocenters. The first-order chi connectivity index (χ1) is 9.75. The third-order valence-electron chi connectivity index (χ3n) is 4.46. The van der Waals surface area contributed by atoms with Crippen molar-refractivity contribution >= 4 is 5.91 Å². The standard InChI is InChI=1S/C15H21N3O2/c19-14-3-6-16-11-13(14)15(20)18-9-4-12(5-10-18)17-7-1-2-8-17/h3,6,11-12H,1-2,4-5,7-10H2,(H,16,19). The molecule has 0 bridgehead atoms. The lowest BCUT2D eigenvalue weighted by molar-refractivity contribution is 0.0643. The summed E-state index contributed by atoms with van der Waals surface area (Å²) in [6.07, 6.45) is 7.72. The summed E-state index contributed by atoms with van der Waals surface area (Å²) in [6.45, 7) is 3.93. The summed E-state index contributed by atoms with van der Waals surface area (Å²) in [5.74, 6) is -0.133. The molecule has 0 radical (unpaired) electrons. The average Bonchev–Trinajstić information content (AvgIpc) is 3.01. The monoisotopic (exact) mass is 275 g/mol. The number of H-pyrrole nitrogens is 1. The van der Waals surface area contributed by atoms with Crippen LogP contribution in [0.5, 0.6) is 0 Å². The number of amides is 1. The lowest BCUT2D eigenvalue weighted by Gasteiger charge is -2.36. The summed E-state index contributed by atoms with van der Waals surface area (Å²) in [7, 11) is 0. The van der Waals surface area contributed by atoms with Crippen LogP contribution in [0.25, 0.3) is 0 Å². The second kappa shape index (κ2) is 5.79. The molecule has 3 rings (SSSR count). The first kappa shape index (κ1) is 13.4. The predicted molar refractivity (Wildman–Crippen MR) is 76.8 cm³/mol. The van der Waals surface area contributed by atoms with Gasteiger partial charge < -0.3 is 14.8 Å². The third-order valence-corrected chi connectivity index (χ3v) is 4.46. The van der Waals surface area contributed by atoms with Crippen molar-refractivity contribution in [1.29, 1.82) is 0 Å². The molecule has 1 amide bonds. The van der Waals surface area contributed by atoms with Crippen molar-refractivity contribution in [1.82, 2.24) is 14.8 Å². The fourth-order valence-corrected chi connectivity index (χ4v) is 3.29. The Morgan fingerprint density at radius 1 is 1.15 bits per heavy atom. The van der Waals surface area contributed by atoms with Crippen LogP contribution in [0.1, 0.15) is 36.0 Å². The van der Waals surface area contributed by atoms with Gasteiger partial charge in [-0.15, -0.1) is 0 Å². The van der Waals surface area contributed by atoms with Gasteiger partial charge in [0.1, 0.15) is 5.56 Å². The maximum atomic E-state index is 12.3. The summed E-state index contributed by atoms with van der Waals surface area (Å²) in [5.41, 5.74) is 0.0579. The zero-order chi connectivity index (χ0) is 13.9. The Balaban J connectivity index is 1.62. The highest BCUT2D eigenvalue weighted by atomic mass is 16.2. The van der Waals surface area contributed by atoms with Gasteiger partial charge in [0.25, 0.3) is 5.91 Å². The van der Waals surface area contributed by atoms with E-state index in [0.717, 1.165) is 25.9 Å². The van der Waals surface area contributed by atoms with Gasteiger partial charge in [-0.25, -0.2) is 0 Å². The molecule has 2 fully saturated rings. The molecule has 2 saturated heterocycles. The number of aromatic amines is 1. The highest BCUT2D eigenvalue weighted by Gasteiger charge is 2.29. The molecule has 5 nitrogen and oxygen atoms in total. The van der Waals surface area contributed by atoms with Crippen LogP contribution in [0.15, 0.2) is 23.3 Å². The minimum absolute atomic E-state index is 0.133. The van der Waals surface area contributed by atoms with Gasteiger partial charge in [0.05, 0.1) is 0 Å². The summed E-state index contributed by atoms with van der Waals surface area (Å²) >= 11 is 0. The van der Waals surface area contributed by atoms with Crippen molar-refractivity contribution in [2.45, 2.75) is 31.7 Å². The number of pyridine rings is 1. The van der Waals surface area contributed by atoms with Crippen LogP contribution in [-0.4, -0.2) is 52.9 Å². The van der Waals surface area contributed by atoms with Crippen LogP contribution < -0.4 is 5.43 Å². The molecule has 0 saturated carbocycles. The van der Waals surface area contributed by atoms with E-state index in [1.165, 1.54) is 38.2 Å². The van der Waals surface area contributed by atoms with Gasteiger partial charge in [-0.1, -0.05) is 0 Å². The highest BCUT2D eigenvalue weighted by Crippen LogP contribution is 2.21. The molecular formula is C15H21N3O2. The average molecular weight is 275 g/mol. The second-order valence-corrected chi connectivity index (χ2v) is 5.69. The molecule has 1 aromatic heterocycles. The van der Waals surface area contributed by atoms with Crippen LogP contribution in [0.3, 0.4) is 0 Å². The molecule has 2 aliphatic rings. The van der Waals surface area contributed by atoms with E-state index >= 15 is 0 Å². The zero-order valence-corrected chi connectivity index (χ0v) is 11.7. The maximum absolute atomic E-state index is 12.3. The minimum Gasteiger partial charge on any atom is -0.367 e. The Hall–Kier alpha value is -1.62. The number of hydrogen-bond donors (Lipinski definition) is 1. The zero-order valence-electron chi connectivity index (χ0n) is 11.7. The molecule has 3 heterocycles. The quantitative estimate of drug-likeness (QED) is 0.878. The number of carbonyl (C=O) groups excluding carboxylic acids is 1. The molecule has 108 valence electrons. The first-order valence-electron chi connectivity index (χ1n) is 7.46. The molecule has 1 aromatic rings. The van der Waals surface area contributed by atoms with E-state index < -0.39 is 0 Å². The van der Waals surface area contributed by atoms with E-state index in [0.29, 0.717) is 6.04 Å². The van der Waals surface area contributed by atoms with Crippen molar-refractivity contribution in [2.24, 2.45) is 0 Å². The van der Waals surface area contributed by atoms with Gasteiger partial charge >= 0.3 is 0 Å². The Labute approximate surface area is 118 Å². The van der Waals surface area contributed by atoms with Crippen molar-refractivity contribution in [3.8, 4) is 0 Å². The first-order valence-corrected chi connectivity index (χ1v) is 7.46. The molecule has 0 aromatic carbocycles. The topological polar surface area (TPSA) is 56.4 Å². The van der Waals surface area contributed by atoms with E-state index in [2.05, 4.69) is 9.88 Å². The Morgan fingerprint density at radius 3 is 2.50 bits per heavy atom. The Morgan fingerprint density at radius 2 is 1.85 bits per heavy atom. The SMILES string of the molecule is O=C(c1c[nH]ccc1=O)N1CCC(N2CCCC2)CC1. The van der Waals surface area contributed by atoms with E-state index in [4.69, 9.17) is 0 Å². The fraction of sp³-hybridized carbons (Fsp3) is 0.600. The number of likely N-dealkylation sites (tertiary alicyclic amines) is 2. The normalized spacial score (nSPS) is 21.3. The van der Waals surface area contributed by atoms with Crippen LogP contribution >= 0.6 is 0 Å². The number of nitrogens with zero attached hydrogens (tertiary/aromatic N) is 2. The molecule has 2 aliphatic heterocycles. The molecule has 1 N–H and O–H groups in total. The summed E-state index contributed by atoms with van der Waals surface area (Å²) in [6, 6.07) is 2.03. The van der Waals surface area contributed by atoms with E-state index in [9.17, 15) is 9.59 Å². The van der Waals surface area contributed by atoms with Gasteiger partial charge in [0.15, 0.2) is 5.43 Å². The Bertz CT molecular complexity index is 526. The number of aromatic nitrogens is 1. The minimum atomic E-state index is -0.199. The molecule has 0 aliphatic carbocycles. The van der Waals surface area contributed by atoms with Crippen LogP contribution in [-0.2, 0) is 0 Å². The van der Waals surface area contributed by atoms with E-state index in [1.54, 1.807) is 6.20 Å². The van der Waals surface area contributed by atoms with Crippen molar-refractivity contribution in [3.05, 3.63) is 34.2 Å². The summed E-state index contributed by atoms with van der Waals surface area (Å²) in [5, 5.41) is 0.